The fourth-order valence-electron chi connectivity index (χ4n) is 2.22. The SMILES string of the molecule is CC(C)CCNC(=O)c1nnn2c1C(=O)NC(C(C)C)C2. The molecule has 7 heteroatoms. The van der Waals surface area contributed by atoms with E-state index < -0.39 is 0 Å². The number of hydrogen-bond donors (Lipinski definition) is 2. The van der Waals surface area contributed by atoms with E-state index in [0.29, 0.717) is 24.9 Å². The fraction of sp³-hybridized carbons (Fsp3) is 0.714. The minimum atomic E-state index is -0.338. The second-order valence-electron chi connectivity index (χ2n) is 6.23. The second kappa shape index (κ2) is 6.24. The number of carbonyl (C=O) groups excluding carboxylic acids is 2. The monoisotopic (exact) mass is 293 g/mol. The third-order valence-corrected chi connectivity index (χ3v) is 3.66. The van der Waals surface area contributed by atoms with Crippen molar-refractivity contribution in [1.82, 2.24) is 25.6 Å². The van der Waals surface area contributed by atoms with Crippen LogP contribution in [0.3, 0.4) is 0 Å². The Morgan fingerprint density at radius 1 is 1.43 bits per heavy atom. The van der Waals surface area contributed by atoms with Gasteiger partial charge in [-0.3, -0.25) is 9.59 Å². The molecule has 116 valence electrons. The zero-order valence-corrected chi connectivity index (χ0v) is 13.0. The number of nitrogens with zero attached hydrogens (tertiary/aromatic N) is 3. The number of rotatable bonds is 5. The maximum Gasteiger partial charge on any atom is 0.274 e. The summed E-state index contributed by atoms with van der Waals surface area (Å²) in [5, 5.41) is 13.5. The van der Waals surface area contributed by atoms with Crippen molar-refractivity contribution in [2.75, 3.05) is 6.54 Å². The number of nitrogens with one attached hydrogen (secondary N) is 2. The van der Waals surface area contributed by atoms with Gasteiger partial charge in [0.05, 0.1) is 12.6 Å². The number of fused-ring (bicyclic) bond motifs is 1. The molecule has 0 saturated carbocycles. The number of carbonyl (C=O) groups is 2. The Labute approximate surface area is 124 Å². The Hall–Kier alpha value is -1.92. The molecule has 0 spiro atoms. The van der Waals surface area contributed by atoms with Crippen molar-refractivity contribution < 1.29 is 9.59 Å². The maximum atomic E-state index is 12.2. The molecule has 2 rings (SSSR count). The quantitative estimate of drug-likeness (QED) is 0.841. The molecule has 2 N–H and O–H groups in total. The Morgan fingerprint density at radius 3 is 2.76 bits per heavy atom. The molecular formula is C14H23N5O2. The second-order valence-corrected chi connectivity index (χ2v) is 6.23. The van der Waals surface area contributed by atoms with E-state index in [4.69, 9.17) is 0 Å². The highest BCUT2D eigenvalue weighted by atomic mass is 16.2. The van der Waals surface area contributed by atoms with Crippen LogP contribution in [-0.2, 0) is 6.54 Å². The van der Waals surface area contributed by atoms with E-state index in [1.165, 1.54) is 4.68 Å². The van der Waals surface area contributed by atoms with Gasteiger partial charge >= 0.3 is 0 Å². The van der Waals surface area contributed by atoms with Gasteiger partial charge in [-0.25, -0.2) is 4.68 Å². The smallest absolute Gasteiger partial charge is 0.274 e. The minimum absolute atomic E-state index is 0.0172. The highest BCUT2D eigenvalue weighted by Crippen LogP contribution is 2.15. The lowest BCUT2D eigenvalue weighted by Crippen LogP contribution is -2.48. The zero-order chi connectivity index (χ0) is 15.6. The van der Waals surface area contributed by atoms with Gasteiger partial charge in [-0.2, -0.15) is 0 Å². The van der Waals surface area contributed by atoms with E-state index in [-0.39, 0.29) is 29.2 Å². The lowest BCUT2D eigenvalue weighted by Gasteiger charge is -2.27. The first-order valence-corrected chi connectivity index (χ1v) is 7.42. The lowest BCUT2D eigenvalue weighted by molar-refractivity contribution is 0.0861. The molecular weight excluding hydrogens is 270 g/mol. The van der Waals surface area contributed by atoms with Gasteiger partial charge in [0, 0.05) is 6.54 Å². The van der Waals surface area contributed by atoms with Gasteiger partial charge in [0.25, 0.3) is 11.8 Å². The third kappa shape index (κ3) is 3.40. The van der Waals surface area contributed by atoms with Gasteiger partial charge in [-0.15, -0.1) is 5.10 Å². The largest absolute Gasteiger partial charge is 0.351 e. The summed E-state index contributed by atoms with van der Waals surface area (Å²) in [6.07, 6.45) is 0.886. The Balaban J connectivity index is 2.11. The molecule has 1 aliphatic rings. The minimum Gasteiger partial charge on any atom is -0.351 e. The average molecular weight is 293 g/mol. The van der Waals surface area contributed by atoms with Gasteiger partial charge in [-0.1, -0.05) is 32.9 Å². The molecule has 0 aromatic carbocycles. The average Bonchev–Trinajstić information content (AvgIpc) is 2.82. The molecule has 1 aromatic rings. The molecule has 1 atom stereocenters. The molecule has 0 aliphatic carbocycles. The molecule has 7 nitrogen and oxygen atoms in total. The molecule has 0 fully saturated rings. The number of aromatic nitrogens is 3. The van der Waals surface area contributed by atoms with Crippen molar-refractivity contribution in [3.63, 3.8) is 0 Å². The molecule has 1 aliphatic heterocycles. The van der Waals surface area contributed by atoms with Gasteiger partial charge in [0.15, 0.2) is 11.4 Å². The van der Waals surface area contributed by atoms with Crippen LogP contribution < -0.4 is 10.6 Å². The van der Waals surface area contributed by atoms with E-state index in [1.54, 1.807) is 0 Å². The van der Waals surface area contributed by atoms with Gasteiger partial charge in [0.1, 0.15) is 0 Å². The Bertz CT molecular complexity index is 535. The fourth-order valence-corrected chi connectivity index (χ4v) is 2.22. The summed E-state index contributed by atoms with van der Waals surface area (Å²) < 4.78 is 1.53. The first-order chi connectivity index (χ1) is 9.90. The van der Waals surface area contributed by atoms with Crippen molar-refractivity contribution in [3.8, 4) is 0 Å². The topological polar surface area (TPSA) is 88.9 Å². The van der Waals surface area contributed by atoms with E-state index in [0.717, 1.165) is 6.42 Å². The van der Waals surface area contributed by atoms with Crippen LogP contribution in [0.5, 0.6) is 0 Å². The first kappa shape index (κ1) is 15.5. The maximum absolute atomic E-state index is 12.2. The van der Waals surface area contributed by atoms with Crippen molar-refractivity contribution in [2.24, 2.45) is 11.8 Å². The van der Waals surface area contributed by atoms with Crippen LogP contribution in [0.4, 0.5) is 0 Å². The molecule has 21 heavy (non-hydrogen) atoms. The van der Waals surface area contributed by atoms with Gasteiger partial charge in [0.2, 0.25) is 0 Å². The number of amides is 2. The van der Waals surface area contributed by atoms with Crippen LogP contribution in [0.2, 0.25) is 0 Å². The number of hydrogen-bond acceptors (Lipinski definition) is 4. The predicted octanol–water partition coefficient (Wildman–Crippen LogP) is 0.822. The van der Waals surface area contributed by atoms with Crippen molar-refractivity contribution in [3.05, 3.63) is 11.4 Å². The Morgan fingerprint density at radius 2 is 2.14 bits per heavy atom. The van der Waals surface area contributed by atoms with Crippen LogP contribution >= 0.6 is 0 Å². The normalized spacial score (nSPS) is 17.8. The molecule has 1 aromatic heterocycles. The molecule has 0 saturated heterocycles. The van der Waals surface area contributed by atoms with Crippen LogP contribution in [0.25, 0.3) is 0 Å². The Kier molecular flexibility index (Phi) is 4.59. The third-order valence-electron chi connectivity index (χ3n) is 3.66. The molecule has 0 radical (unpaired) electrons. The molecule has 2 amide bonds. The van der Waals surface area contributed by atoms with E-state index >= 15 is 0 Å². The van der Waals surface area contributed by atoms with E-state index in [1.807, 2.05) is 13.8 Å². The summed E-state index contributed by atoms with van der Waals surface area (Å²) in [6, 6.07) is 0.0172. The summed E-state index contributed by atoms with van der Waals surface area (Å²) in [6.45, 7) is 9.36. The molecule has 1 unspecified atom stereocenters. The van der Waals surface area contributed by atoms with Gasteiger partial charge < -0.3 is 10.6 Å². The van der Waals surface area contributed by atoms with Crippen molar-refractivity contribution in [1.29, 1.82) is 0 Å². The summed E-state index contributed by atoms with van der Waals surface area (Å²) in [5.74, 6) is 0.193. The van der Waals surface area contributed by atoms with E-state index in [2.05, 4.69) is 34.8 Å². The summed E-state index contributed by atoms with van der Waals surface area (Å²) in [4.78, 5) is 24.3. The molecule has 0 bridgehead atoms. The predicted molar refractivity (Wildman–Crippen MR) is 77.9 cm³/mol. The lowest BCUT2D eigenvalue weighted by atomic mass is 10.0. The highest BCUT2D eigenvalue weighted by Gasteiger charge is 2.32. The van der Waals surface area contributed by atoms with Crippen molar-refractivity contribution in [2.45, 2.75) is 46.7 Å². The van der Waals surface area contributed by atoms with Crippen LogP contribution in [-0.4, -0.2) is 39.4 Å². The van der Waals surface area contributed by atoms with Crippen LogP contribution in [0, 0.1) is 11.8 Å². The van der Waals surface area contributed by atoms with Crippen molar-refractivity contribution >= 4 is 11.8 Å². The summed E-state index contributed by atoms with van der Waals surface area (Å²) in [5.41, 5.74) is 0.368. The zero-order valence-electron chi connectivity index (χ0n) is 13.0. The first-order valence-electron chi connectivity index (χ1n) is 7.42. The summed E-state index contributed by atoms with van der Waals surface area (Å²) >= 11 is 0. The van der Waals surface area contributed by atoms with E-state index in [9.17, 15) is 9.59 Å². The molecule has 2 heterocycles. The van der Waals surface area contributed by atoms with Gasteiger partial charge in [-0.05, 0) is 18.3 Å². The summed E-state index contributed by atoms with van der Waals surface area (Å²) in [7, 11) is 0. The highest BCUT2D eigenvalue weighted by molar-refractivity contribution is 6.05. The van der Waals surface area contributed by atoms with Crippen LogP contribution in [0.1, 0.15) is 55.1 Å². The standard InChI is InChI=1S/C14H23N5O2/c1-8(2)5-6-15-13(20)11-12-14(21)16-10(9(3)4)7-19(12)18-17-11/h8-10H,5-7H2,1-4H3,(H,15,20)(H,16,21). The van der Waals surface area contributed by atoms with Crippen LogP contribution in [0.15, 0.2) is 0 Å².